The topological polar surface area (TPSA) is 67.7 Å². The van der Waals surface area contributed by atoms with Crippen molar-refractivity contribution in [3.63, 3.8) is 0 Å². The van der Waals surface area contributed by atoms with E-state index in [1.54, 1.807) is 11.7 Å². The van der Waals surface area contributed by atoms with E-state index in [1.165, 1.54) is 0 Å². The number of rotatable bonds is 1. The van der Waals surface area contributed by atoms with Gasteiger partial charge >= 0.3 is 0 Å². The van der Waals surface area contributed by atoms with Gasteiger partial charge in [0.15, 0.2) is 0 Å². The molecule has 1 aromatic rings. The Balaban J connectivity index is 3.17. The lowest BCUT2D eigenvalue weighted by molar-refractivity contribution is 0.553. The number of nitrogens with two attached hydrogens (primary N) is 1. The predicted octanol–water partition coefficient (Wildman–Crippen LogP) is 1.00. The molecule has 0 aliphatic carbocycles. The average molecular weight is 180 g/mol. The van der Waals surface area contributed by atoms with Crippen molar-refractivity contribution < 1.29 is 0 Å². The SMILES string of the molecule is Cn1nc(C(C)(C)C)cc1C(=N)N. The highest BCUT2D eigenvalue weighted by Crippen LogP contribution is 2.20. The Labute approximate surface area is 78.3 Å². The molecule has 0 aliphatic heterocycles. The quantitative estimate of drug-likeness (QED) is 0.500. The van der Waals surface area contributed by atoms with Gasteiger partial charge in [-0.2, -0.15) is 5.10 Å². The third-order valence-electron chi connectivity index (χ3n) is 1.92. The van der Waals surface area contributed by atoms with Crippen molar-refractivity contribution in [3.8, 4) is 0 Å². The van der Waals surface area contributed by atoms with E-state index in [0.29, 0.717) is 5.69 Å². The molecule has 0 unspecified atom stereocenters. The summed E-state index contributed by atoms with van der Waals surface area (Å²) in [5.41, 5.74) is 7.03. The number of nitrogen functional groups attached to an aromatic ring is 1. The molecule has 72 valence electrons. The standard InChI is InChI=1S/C9H16N4/c1-9(2,3)7-5-6(8(10)11)13(4)12-7/h5H,1-4H3,(H3,10,11). The monoisotopic (exact) mass is 180 g/mol. The van der Waals surface area contributed by atoms with Crippen molar-refractivity contribution in [1.82, 2.24) is 9.78 Å². The molecule has 0 aromatic carbocycles. The Morgan fingerprint density at radius 2 is 2.08 bits per heavy atom. The number of aromatic nitrogens is 2. The first-order valence-electron chi connectivity index (χ1n) is 4.21. The molecular weight excluding hydrogens is 164 g/mol. The fourth-order valence-corrected chi connectivity index (χ4v) is 1.09. The summed E-state index contributed by atoms with van der Waals surface area (Å²) in [5, 5.41) is 11.6. The smallest absolute Gasteiger partial charge is 0.141 e. The number of nitrogens with one attached hydrogen (secondary N) is 1. The first kappa shape index (κ1) is 9.77. The Morgan fingerprint density at radius 3 is 2.31 bits per heavy atom. The normalized spacial score (nSPS) is 11.7. The molecule has 1 heterocycles. The maximum Gasteiger partial charge on any atom is 0.141 e. The molecule has 0 bridgehead atoms. The second-order valence-corrected chi connectivity index (χ2v) is 4.20. The summed E-state index contributed by atoms with van der Waals surface area (Å²) < 4.78 is 1.64. The maximum absolute atomic E-state index is 7.31. The molecule has 13 heavy (non-hydrogen) atoms. The summed E-state index contributed by atoms with van der Waals surface area (Å²) in [4.78, 5) is 0. The van der Waals surface area contributed by atoms with E-state index in [1.807, 2.05) is 6.07 Å². The molecule has 4 heteroatoms. The van der Waals surface area contributed by atoms with E-state index in [9.17, 15) is 0 Å². The fraction of sp³-hybridized carbons (Fsp3) is 0.556. The van der Waals surface area contributed by atoms with Crippen LogP contribution in [0.25, 0.3) is 0 Å². The van der Waals surface area contributed by atoms with Crippen LogP contribution in [-0.2, 0) is 12.5 Å². The van der Waals surface area contributed by atoms with Gasteiger partial charge in [0.1, 0.15) is 11.5 Å². The minimum Gasteiger partial charge on any atom is -0.382 e. The molecular formula is C9H16N4. The van der Waals surface area contributed by atoms with Gasteiger partial charge in [-0.1, -0.05) is 20.8 Å². The summed E-state index contributed by atoms with van der Waals surface area (Å²) >= 11 is 0. The Bertz CT molecular complexity index is 330. The molecule has 0 saturated heterocycles. The number of amidine groups is 1. The van der Waals surface area contributed by atoms with Gasteiger partial charge in [-0.05, 0) is 6.07 Å². The van der Waals surface area contributed by atoms with Crippen molar-refractivity contribution in [2.45, 2.75) is 26.2 Å². The van der Waals surface area contributed by atoms with Crippen molar-refractivity contribution in [2.75, 3.05) is 0 Å². The molecule has 3 N–H and O–H groups in total. The van der Waals surface area contributed by atoms with Gasteiger partial charge in [0, 0.05) is 12.5 Å². The Kier molecular flexibility index (Phi) is 2.15. The number of aryl methyl sites for hydroxylation is 1. The van der Waals surface area contributed by atoms with Gasteiger partial charge in [0.05, 0.1) is 5.69 Å². The summed E-state index contributed by atoms with van der Waals surface area (Å²) in [6.45, 7) is 6.25. The molecule has 0 amide bonds. The molecule has 0 atom stereocenters. The third kappa shape index (κ3) is 1.88. The van der Waals surface area contributed by atoms with Crippen LogP contribution in [-0.4, -0.2) is 15.6 Å². The highest BCUT2D eigenvalue weighted by Gasteiger charge is 2.19. The van der Waals surface area contributed by atoms with Crippen molar-refractivity contribution in [2.24, 2.45) is 12.8 Å². The highest BCUT2D eigenvalue weighted by atomic mass is 15.3. The van der Waals surface area contributed by atoms with Crippen molar-refractivity contribution in [1.29, 1.82) is 5.41 Å². The minimum absolute atomic E-state index is 0.00542. The zero-order chi connectivity index (χ0) is 10.2. The maximum atomic E-state index is 7.31. The van der Waals surface area contributed by atoms with Gasteiger partial charge in [0.2, 0.25) is 0 Å². The predicted molar refractivity (Wildman–Crippen MR) is 52.9 cm³/mol. The zero-order valence-electron chi connectivity index (χ0n) is 8.55. The molecule has 0 aliphatic rings. The van der Waals surface area contributed by atoms with Crippen molar-refractivity contribution in [3.05, 3.63) is 17.5 Å². The van der Waals surface area contributed by atoms with Crippen LogP contribution in [0.15, 0.2) is 6.07 Å². The molecule has 0 spiro atoms. The van der Waals surface area contributed by atoms with Crippen molar-refractivity contribution >= 4 is 5.84 Å². The lowest BCUT2D eigenvalue weighted by Gasteiger charge is -2.13. The van der Waals surface area contributed by atoms with E-state index in [4.69, 9.17) is 11.1 Å². The molecule has 0 saturated carbocycles. The summed E-state index contributed by atoms with van der Waals surface area (Å²) in [6, 6.07) is 1.86. The second-order valence-electron chi connectivity index (χ2n) is 4.20. The highest BCUT2D eigenvalue weighted by molar-refractivity contribution is 5.93. The molecule has 0 radical (unpaired) electrons. The lowest BCUT2D eigenvalue weighted by Crippen LogP contribution is -2.15. The van der Waals surface area contributed by atoms with Crippen LogP contribution in [0.3, 0.4) is 0 Å². The molecule has 1 aromatic heterocycles. The number of hydrogen-bond donors (Lipinski definition) is 2. The van der Waals surface area contributed by atoms with Gasteiger partial charge < -0.3 is 5.73 Å². The molecule has 1 rings (SSSR count). The fourth-order valence-electron chi connectivity index (χ4n) is 1.09. The van der Waals surface area contributed by atoms with Crippen LogP contribution in [0.2, 0.25) is 0 Å². The van der Waals surface area contributed by atoms with Crippen LogP contribution in [0.1, 0.15) is 32.2 Å². The lowest BCUT2D eigenvalue weighted by atomic mass is 9.92. The number of nitrogens with zero attached hydrogens (tertiary/aromatic N) is 2. The van der Waals surface area contributed by atoms with Gasteiger partial charge in [-0.3, -0.25) is 10.1 Å². The minimum atomic E-state index is 0.00542. The Morgan fingerprint density at radius 1 is 1.54 bits per heavy atom. The average Bonchev–Trinajstić information content (AvgIpc) is 2.29. The van der Waals surface area contributed by atoms with E-state index in [0.717, 1.165) is 5.69 Å². The first-order valence-corrected chi connectivity index (χ1v) is 4.21. The van der Waals surface area contributed by atoms with E-state index in [2.05, 4.69) is 25.9 Å². The first-order chi connectivity index (χ1) is 5.82. The third-order valence-corrected chi connectivity index (χ3v) is 1.92. The van der Waals surface area contributed by atoms with Gasteiger partial charge in [-0.15, -0.1) is 0 Å². The number of hydrogen-bond acceptors (Lipinski definition) is 2. The van der Waals surface area contributed by atoms with Gasteiger partial charge in [-0.25, -0.2) is 0 Å². The van der Waals surface area contributed by atoms with Crippen LogP contribution in [0, 0.1) is 5.41 Å². The van der Waals surface area contributed by atoms with Crippen LogP contribution in [0.5, 0.6) is 0 Å². The molecule has 4 nitrogen and oxygen atoms in total. The Hall–Kier alpha value is -1.32. The van der Waals surface area contributed by atoms with Crippen LogP contribution >= 0.6 is 0 Å². The largest absolute Gasteiger partial charge is 0.382 e. The van der Waals surface area contributed by atoms with E-state index >= 15 is 0 Å². The van der Waals surface area contributed by atoms with Gasteiger partial charge in [0.25, 0.3) is 0 Å². The summed E-state index contributed by atoms with van der Waals surface area (Å²) in [6.07, 6.45) is 0. The van der Waals surface area contributed by atoms with E-state index < -0.39 is 0 Å². The zero-order valence-corrected chi connectivity index (χ0v) is 8.55. The van der Waals surface area contributed by atoms with E-state index in [-0.39, 0.29) is 11.3 Å². The summed E-state index contributed by atoms with van der Waals surface area (Å²) in [7, 11) is 1.80. The van der Waals surface area contributed by atoms with Crippen LogP contribution < -0.4 is 5.73 Å². The van der Waals surface area contributed by atoms with Crippen LogP contribution in [0.4, 0.5) is 0 Å². The molecule has 0 fully saturated rings. The summed E-state index contributed by atoms with van der Waals surface area (Å²) in [5.74, 6) is 0.0606. The second kappa shape index (κ2) is 2.87.